The molecule has 124 valence electrons. The van der Waals surface area contributed by atoms with Gasteiger partial charge in [0.05, 0.1) is 17.3 Å². The van der Waals surface area contributed by atoms with E-state index < -0.39 is 5.60 Å². The SMILES string of the molecule is CC1(O)CCN(c2cc(Nc3cc4[nH]ncc4cn3)ncn2)CC1. The van der Waals surface area contributed by atoms with Crippen LogP contribution >= 0.6 is 0 Å². The van der Waals surface area contributed by atoms with E-state index in [1.54, 1.807) is 18.7 Å². The summed E-state index contributed by atoms with van der Waals surface area (Å²) in [6.07, 6.45) is 6.50. The molecule has 0 radical (unpaired) electrons. The summed E-state index contributed by atoms with van der Waals surface area (Å²) in [5.41, 5.74) is 0.341. The second-order valence-electron chi connectivity index (χ2n) is 6.40. The van der Waals surface area contributed by atoms with E-state index in [0.29, 0.717) is 11.6 Å². The Hall–Kier alpha value is -2.74. The number of aliphatic hydroxyl groups is 1. The lowest BCUT2D eigenvalue weighted by Crippen LogP contribution is -2.42. The van der Waals surface area contributed by atoms with Gasteiger partial charge in [0, 0.05) is 36.8 Å². The second kappa shape index (κ2) is 5.72. The van der Waals surface area contributed by atoms with E-state index in [1.165, 1.54) is 0 Å². The maximum absolute atomic E-state index is 10.1. The van der Waals surface area contributed by atoms with Crippen LogP contribution in [0.2, 0.25) is 0 Å². The van der Waals surface area contributed by atoms with Gasteiger partial charge < -0.3 is 15.3 Å². The Balaban J connectivity index is 1.52. The van der Waals surface area contributed by atoms with Crippen molar-refractivity contribution in [2.75, 3.05) is 23.3 Å². The number of H-pyrrole nitrogens is 1. The van der Waals surface area contributed by atoms with E-state index in [4.69, 9.17) is 0 Å². The van der Waals surface area contributed by atoms with Gasteiger partial charge in [-0.05, 0) is 19.8 Å². The molecule has 1 saturated heterocycles. The molecular formula is C16H19N7O. The third-order valence-electron chi connectivity index (χ3n) is 4.40. The quantitative estimate of drug-likeness (QED) is 0.675. The Bertz CT molecular complexity index is 850. The van der Waals surface area contributed by atoms with Crippen LogP contribution in [-0.4, -0.2) is 48.9 Å². The van der Waals surface area contributed by atoms with Crippen molar-refractivity contribution in [1.82, 2.24) is 25.1 Å². The predicted octanol–water partition coefficient (Wildman–Crippen LogP) is 1.84. The maximum Gasteiger partial charge on any atom is 0.137 e. The molecule has 1 fully saturated rings. The van der Waals surface area contributed by atoms with E-state index in [-0.39, 0.29) is 0 Å². The lowest BCUT2D eigenvalue weighted by Gasteiger charge is -2.36. The molecule has 0 atom stereocenters. The summed E-state index contributed by atoms with van der Waals surface area (Å²) in [7, 11) is 0. The van der Waals surface area contributed by atoms with Crippen molar-refractivity contribution in [2.45, 2.75) is 25.4 Å². The average molecular weight is 325 g/mol. The van der Waals surface area contributed by atoms with E-state index in [0.717, 1.165) is 42.7 Å². The van der Waals surface area contributed by atoms with Crippen molar-refractivity contribution in [3.05, 3.63) is 30.9 Å². The number of pyridine rings is 1. The molecule has 1 aliphatic heterocycles. The van der Waals surface area contributed by atoms with Crippen molar-refractivity contribution in [3.8, 4) is 0 Å². The fraction of sp³-hybridized carbons (Fsp3) is 0.375. The smallest absolute Gasteiger partial charge is 0.137 e. The molecule has 0 unspecified atom stereocenters. The topological polar surface area (TPSA) is 103 Å². The van der Waals surface area contributed by atoms with Crippen molar-refractivity contribution < 1.29 is 5.11 Å². The lowest BCUT2D eigenvalue weighted by atomic mass is 9.94. The van der Waals surface area contributed by atoms with Crippen LogP contribution in [0.4, 0.5) is 17.5 Å². The summed E-state index contributed by atoms with van der Waals surface area (Å²) in [6.45, 7) is 3.44. The first-order chi connectivity index (χ1) is 11.6. The number of piperidine rings is 1. The highest BCUT2D eigenvalue weighted by molar-refractivity contribution is 5.80. The molecule has 8 nitrogen and oxygen atoms in total. The van der Waals surface area contributed by atoms with Gasteiger partial charge in [-0.25, -0.2) is 15.0 Å². The molecule has 0 amide bonds. The Labute approximate surface area is 139 Å². The van der Waals surface area contributed by atoms with Crippen molar-refractivity contribution in [1.29, 1.82) is 0 Å². The van der Waals surface area contributed by atoms with Gasteiger partial charge in [-0.3, -0.25) is 5.10 Å². The Morgan fingerprint density at radius 2 is 1.92 bits per heavy atom. The first-order valence-corrected chi connectivity index (χ1v) is 7.95. The molecule has 3 aromatic rings. The third-order valence-corrected chi connectivity index (χ3v) is 4.40. The summed E-state index contributed by atoms with van der Waals surface area (Å²) in [5.74, 6) is 2.23. The first kappa shape index (κ1) is 14.8. The molecule has 3 N–H and O–H groups in total. The van der Waals surface area contributed by atoms with Crippen molar-refractivity contribution >= 4 is 28.4 Å². The number of nitrogens with zero attached hydrogens (tertiary/aromatic N) is 5. The van der Waals surface area contributed by atoms with E-state index >= 15 is 0 Å². The molecule has 3 aromatic heterocycles. The average Bonchev–Trinajstić information content (AvgIpc) is 3.03. The Morgan fingerprint density at radius 1 is 1.12 bits per heavy atom. The zero-order chi connectivity index (χ0) is 16.6. The van der Waals surface area contributed by atoms with E-state index in [2.05, 4.69) is 35.4 Å². The van der Waals surface area contributed by atoms with Gasteiger partial charge in [0.25, 0.3) is 0 Å². The lowest BCUT2D eigenvalue weighted by molar-refractivity contribution is 0.0350. The summed E-state index contributed by atoms with van der Waals surface area (Å²) >= 11 is 0. The molecule has 0 aromatic carbocycles. The zero-order valence-electron chi connectivity index (χ0n) is 13.4. The number of hydrogen-bond donors (Lipinski definition) is 3. The van der Waals surface area contributed by atoms with Crippen LogP contribution in [-0.2, 0) is 0 Å². The number of anilines is 3. The van der Waals surface area contributed by atoms with Gasteiger partial charge in [-0.2, -0.15) is 5.10 Å². The summed E-state index contributed by atoms with van der Waals surface area (Å²) < 4.78 is 0. The second-order valence-corrected chi connectivity index (χ2v) is 6.40. The van der Waals surface area contributed by atoms with E-state index in [9.17, 15) is 5.11 Å². The van der Waals surface area contributed by atoms with Gasteiger partial charge in [-0.1, -0.05) is 0 Å². The molecule has 0 aliphatic carbocycles. The molecule has 4 rings (SSSR count). The first-order valence-electron chi connectivity index (χ1n) is 7.95. The van der Waals surface area contributed by atoms with Crippen molar-refractivity contribution in [2.24, 2.45) is 0 Å². The van der Waals surface area contributed by atoms with Crippen LogP contribution in [0, 0.1) is 0 Å². The van der Waals surface area contributed by atoms with Crippen LogP contribution in [0.1, 0.15) is 19.8 Å². The van der Waals surface area contributed by atoms with Gasteiger partial charge in [0.2, 0.25) is 0 Å². The number of aromatic nitrogens is 5. The maximum atomic E-state index is 10.1. The molecule has 0 bridgehead atoms. The number of aromatic amines is 1. The van der Waals surface area contributed by atoms with Crippen molar-refractivity contribution in [3.63, 3.8) is 0 Å². The molecule has 1 aliphatic rings. The highest BCUT2D eigenvalue weighted by Gasteiger charge is 2.27. The number of nitrogens with one attached hydrogen (secondary N) is 2. The van der Waals surface area contributed by atoms with E-state index in [1.807, 2.05) is 19.1 Å². The Morgan fingerprint density at radius 3 is 2.75 bits per heavy atom. The summed E-state index contributed by atoms with van der Waals surface area (Å²) in [5, 5.41) is 21.1. The largest absolute Gasteiger partial charge is 0.390 e. The standard InChI is InChI=1S/C16H19N7O/c1-16(24)2-4-23(5-3-16)15-7-14(18-10-19-15)21-13-6-12-11(8-17-13)9-20-22-12/h6-10,24H,2-5H2,1H3,(H,20,22)(H,17,18,19,21). The molecule has 8 heteroatoms. The zero-order valence-corrected chi connectivity index (χ0v) is 13.4. The molecule has 0 spiro atoms. The monoisotopic (exact) mass is 325 g/mol. The number of hydrogen-bond acceptors (Lipinski definition) is 7. The van der Waals surface area contributed by atoms with Gasteiger partial charge in [0.15, 0.2) is 0 Å². The molecule has 4 heterocycles. The van der Waals surface area contributed by atoms with Crippen LogP contribution in [0.3, 0.4) is 0 Å². The summed E-state index contributed by atoms with van der Waals surface area (Å²) in [4.78, 5) is 15.1. The highest BCUT2D eigenvalue weighted by atomic mass is 16.3. The summed E-state index contributed by atoms with van der Waals surface area (Å²) in [6, 6.07) is 3.79. The number of rotatable bonds is 3. The minimum atomic E-state index is -0.575. The minimum Gasteiger partial charge on any atom is -0.390 e. The molecule has 0 saturated carbocycles. The van der Waals surface area contributed by atoms with Gasteiger partial charge in [0.1, 0.15) is 23.8 Å². The third kappa shape index (κ3) is 3.00. The van der Waals surface area contributed by atoms with Crippen LogP contribution in [0.5, 0.6) is 0 Å². The fourth-order valence-electron chi connectivity index (χ4n) is 2.84. The molecular weight excluding hydrogens is 306 g/mol. The van der Waals surface area contributed by atoms with Gasteiger partial charge in [-0.15, -0.1) is 0 Å². The fourth-order valence-corrected chi connectivity index (χ4v) is 2.84. The normalized spacial score (nSPS) is 17.2. The highest BCUT2D eigenvalue weighted by Crippen LogP contribution is 2.26. The minimum absolute atomic E-state index is 0.575. The molecule has 24 heavy (non-hydrogen) atoms. The number of fused-ring (bicyclic) bond motifs is 1. The van der Waals surface area contributed by atoms with Crippen LogP contribution in [0.15, 0.2) is 30.9 Å². The van der Waals surface area contributed by atoms with Gasteiger partial charge >= 0.3 is 0 Å². The predicted molar refractivity (Wildman–Crippen MR) is 91.3 cm³/mol. The Kier molecular flexibility index (Phi) is 3.53. The van der Waals surface area contributed by atoms with Crippen LogP contribution in [0.25, 0.3) is 10.9 Å². The van der Waals surface area contributed by atoms with Crippen LogP contribution < -0.4 is 10.2 Å².